The van der Waals surface area contributed by atoms with Crippen LogP contribution < -0.4 is 10.4 Å². The molecule has 0 unspecified atom stereocenters. The lowest BCUT2D eigenvalue weighted by Crippen LogP contribution is -2.15. The van der Waals surface area contributed by atoms with Gasteiger partial charge in [-0.2, -0.15) is 0 Å². The van der Waals surface area contributed by atoms with E-state index >= 15 is 0 Å². The van der Waals surface area contributed by atoms with Crippen molar-refractivity contribution in [2.75, 3.05) is 6.61 Å². The molecule has 1 aliphatic carbocycles. The number of fused-ring (bicyclic) bond motifs is 3. The van der Waals surface area contributed by atoms with Crippen LogP contribution in [-0.2, 0) is 17.6 Å². The Bertz CT molecular complexity index is 727. The number of carbonyl (C=O) groups is 1. The molecule has 0 radical (unpaired) electrons. The lowest BCUT2D eigenvalue weighted by molar-refractivity contribution is -0.118. The fraction of sp³-hybridized carbons (Fsp3) is 0.375. The van der Waals surface area contributed by atoms with Gasteiger partial charge in [0, 0.05) is 17.0 Å². The van der Waals surface area contributed by atoms with Gasteiger partial charge in [0.15, 0.2) is 5.78 Å². The van der Waals surface area contributed by atoms with Crippen LogP contribution in [0.4, 0.5) is 0 Å². The van der Waals surface area contributed by atoms with Crippen LogP contribution in [0.5, 0.6) is 5.75 Å². The van der Waals surface area contributed by atoms with Gasteiger partial charge in [0.2, 0.25) is 0 Å². The highest BCUT2D eigenvalue weighted by Gasteiger charge is 2.18. The van der Waals surface area contributed by atoms with Gasteiger partial charge in [-0.05, 0) is 50.3 Å². The van der Waals surface area contributed by atoms with Gasteiger partial charge in [-0.25, -0.2) is 4.79 Å². The zero-order chi connectivity index (χ0) is 14.1. The van der Waals surface area contributed by atoms with Crippen molar-refractivity contribution in [3.8, 4) is 5.75 Å². The van der Waals surface area contributed by atoms with Gasteiger partial charge < -0.3 is 9.15 Å². The molecule has 3 rings (SSSR count). The third-order valence-corrected chi connectivity index (χ3v) is 3.64. The molecule has 4 heteroatoms. The normalized spacial score (nSPS) is 14.1. The van der Waals surface area contributed by atoms with Crippen LogP contribution in [0.15, 0.2) is 27.4 Å². The quantitative estimate of drug-likeness (QED) is 0.806. The van der Waals surface area contributed by atoms with Crippen molar-refractivity contribution in [2.24, 2.45) is 0 Å². The molecule has 0 N–H and O–H groups in total. The molecular weight excluding hydrogens is 256 g/mol. The summed E-state index contributed by atoms with van der Waals surface area (Å²) in [6.45, 7) is 1.50. The van der Waals surface area contributed by atoms with E-state index in [1.807, 2.05) is 12.1 Å². The second-order valence-electron chi connectivity index (χ2n) is 5.20. The Balaban J connectivity index is 2.07. The lowest BCUT2D eigenvalue weighted by atomic mass is 9.91. The molecule has 1 aliphatic rings. The van der Waals surface area contributed by atoms with Gasteiger partial charge in [0.25, 0.3) is 0 Å². The highest BCUT2D eigenvalue weighted by molar-refractivity contribution is 5.83. The molecular formula is C16H16O4. The molecule has 1 aromatic carbocycles. The van der Waals surface area contributed by atoms with Crippen LogP contribution in [0, 0.1) is 0 Å². The SMILES string of the molecule is CC(=O)COc1ccc2c3c(c(=O)oc2c1)CCCC3. The molecule has 0 atom stereocenters. The fourth-order valence-corrected chi connectivity index (χ4v) is 2.70. The van der Waals surface area contributed by atoms with Crippen molar-refractivity contribution >= 4 is 16.8 Å². The molecule has 0 fully saturated rings. The first-order valence-corrected chi connectivity index (χ1v) is 6.86. The molecule has 0 spiro atoms. The van der Waals surface area contributed by atoms with Crippen LogP contribution in [0.3, 0.4) is 0 Å². The minimum Gasteiger partial charge on any atom is -0.486 e. The van der Waals surface area contributed by atoms with E-state index in [4.69, 9.17) is 9.15 Å². The maximum atomic E-state index is 12.0. The summed E-state index contributed by atoms with van der Waals surface area (Å²) in [5, 5.41) is 0.981. The van der Waals surface area contributed by atoms with E-state index in [0.29, 0.717) is 11.3 Å². The highest BCUT2D eigenvalue weighted by atomic mass is 16.5. The van der Waals surface area contributed by atoms with Crippen LogP contribution >= 0.6 is 0 Å². The standard InChI is InChI=1S/C16H16O4/c1-10(17)9-19-11-6-7-13-12-4-2-3-5-14(12)16(18)20-15(13)8-11/h6-8H,2-5,9H2,1H3. The van der Waals surface area contributed by atoms with Crippen molar-refractivity contribution in [3.63, 3.8) is 0 Å². The molecule has 0 saturated carbocycles. The van der Waals surface area contributed by atoms with Crippen LogP contribution in [-0.4, -0.2) is 12.4 Å². The molecule has 0 aliphatic heterocycles. The Hall–Kier alpha value is -2.10. The summed E-state index contributed by atoms with van der Waals surface area (Å²) in [7, 11) is 0. The number of benzene rings is 1. The summed E-state index contributed by atoms with van der Waals surface area (Å²) in [6.07, 6.45) is 3.87. The van der Waals surface area contributed by atoms with E-state index in [9.17, 15) is 9.59 Å². The topological polar surface area (TPSA) is 56.5 Å². The third kappa shape index (κ3) is 2.33. The summed E-state index contributed by atoms with van der Waals surface area (Å²) in [6, 6.07) is 5.42. The van der Waals surface area contributed by atoms with E-state index in [-0.39, 0.29) is 18.0 Å². The molecule has 1 heterocycles. The second-order valence-corrected chi connectivity index (χ2v) is 5.20. The summed E-state index contributed by atoms with van der Waals surface area (Å²) in [4.78, 5) is 22.9. The number of hydrogen-bond acceptors (Lipinski definition) is 4. The molecule has 0 amide bonds. The van der Waals surface area contributed by atoms with Crippen molar-refractivity contribution in [1.29, 1.82) is 0 Å². The molecule has 4 nitrogen and oxygen atoms in total. The molecule has 0 bridgehead atoms. The molecule has 104 valence electrons. The molecule has 2 aromatic rings. The van der Waals surface area contributed by atoms with Gasteiger partial charge in [0.05, 0.1) is 0 Å². The Labute approximate surface area is 116 Å². The number of aryl methyl sites for hydroxylation is 1. The van der Waals surface area contributed by atoms with Crippen molar-refractivity contribution in [1.82, 2.24) is 0 Å². The average molecular weight is 272 g/mol. The maximum Gasteiger partial charge on any atom is 0.339 e. The number of rotatable bonds is 3. The van der Waals surface area contributed by atoms with E-state index in [1.54, 1.807) is 6.07 Å². The summed E-state index contributed by atoms with van der Waals surface area (Å²) in [5.41, 5.74) is 2.23. The lowest BCUT2D eigenvalue weighted by Gasteiger charge is -2.16. The van der Waals surface area contributed by atoms with Crippen molar-refractivity contribution in [2.45, 2.75) is 32.6 Å². The number of ketones is 1. The Kier molecular flexibility index (Phi) is 3.30. The smallest absolute Gasteiger partial charge is 0.339 e. The second kappa shape index (κ2) is 5.12. The van der Waals surface area contributed by atoms with E-state index < -0.39 is 0 Å². The summed E-state index contributed by atoms with van der Waals surface area (Å²) >= 11 is 0. The molecule has 0 saturated heterocycles. The zero-order valence-electron chi connectivity index (χ0n) is 11.4. The van der Waals surface area contributed by atoms with Gasteiger partial charge in [-0.15, -0.1) is 0 Å². The largest absolute Gasteiger partial charge is 0.486 e. The summed E-state index contributed by atoms with van der Waals surface area (Å²) < 4.78 is 10.7. The van der Waals surface area contributed by atoms with Crippen molar-refractivity contribution < 1.29 is 13.9 Å². The number of ether oxygens (including phenoxy) is 1. The zero-order valence-corrected chi connectivity index (χ0v) is 11.4. The first kappa shape index (κ1) is 12.9. The highest BCUT2D eigenvalue weighted by Crippen LogP contribution is 2.28. The van der Waals surface area contributed by atoms with E-state index in [2.05, 4.69) is 0 Å². The Morgan fingerprint density at radius 3 is 2.75 bits per heavy atom. The van der Waals surface area contributed by atoms with Gasteiger partial charge >= 0.3 is 5.63 Å². The van der Waals surface area contributed by atoms with E-state index in [1.165, 1.54) is 6.92 Å². The van der Waals surface area contributed by atoms with Crippen LogP contribution in [0.1, 0.15) is 30.9 Å². The van der Waals surface area contributed by atoms with Gasteiger partial charge in [-0.3, -0.25) is 4.79 Å². The first-order chi connectivity index (χ1) is 9.65. The van der Waals surface area contributed by atoms with E-state index in [0.717, 1.165) is 42.2 Å². The molecule has 1 aromatic heterocycles. The minimum atomic E-state index is -0.240. The minimum absolute atomic E-state index is 0.0285. The maximum absolute atomic E-state index is 12.0. The van der Waals surface area contributed by atoms with Gasteiger partial charge in [0.1, 0.15) is 17.9 Å². The van der Waals surface area contributed by atoms with Crippen LogP contribution in [0.2, 0.25) is 0 Å². The van der Waals surface area contributed by atoms with Crippen molar-refractivity contribution in [3.05, 3.63) is 39.7 Å². The van der Waals surface area contributed by atoms with Crippen LogP contribution in [0.25, 0.3) is 11.0 Å². The molecule has 20 heavy (non-hydrogen) atoms. The predicted molar refractivity (Wildman–Crippen MR) is 75.3 cm³/mol. The third-order valence-electron chi connectivity index (χ3n) is 3.64. The first-order valence-electron chi connectivity index (χ1n) is 6.86. The Morgan fingerprint density at radius 1 is 1.25 bits per heavy atom. The number of Topliss-reactive ketones (excluding diaryl/α,β-unsaturated/α-hetero) is 1. The van der Waals surface area contributed by atoms with Gasteiger partial charge in [-0.1, -0.05) is 0 Å². The fourth-order valence-electron chi connectivity index (χ4n) is 2.70. The summed E-state index contributed by atoms with van der Waals surface area (Å²) in [5.74, 6) is 0.503. The number of carbonyl (C=O) groups excluding carboxylic acids is 1. The predicted octanol–water partition coefficient (Wildman–Crippen LogP) is 2.64. The average Bonchev–Trinajstić information content (AvgIpc) is 2.45. The number of hydrogen-bond donors (Lipinski definition) is 0. The monoisotopic (exact) mass is 272 g/mol. The Morgan fingerprint density at radius 2 is 2.00 bits per heavy atom.